The maximum atomic E-state index is 13.5. The predicted octanol–water partition coefficient (Wildman–Crippen LogP) is 4.11. The van der Waals surface area contributed by atoms with Crippen LogP contribution in [0.3, 0.4) is 0 Å². The van der Waals surface area contributed by atoms with Crippen LogP contribution in [0, 0.1) is 5.82 Å². The Labute approximate surface area is 149 Å². The van der Waals surface area contributed by atoms with Crippen LogP contribution in [-0.4, -0.2) is 22.9 Å². The number of aromatic nitrogens is 1. The maximum absolute atomic E-state index is 13.5. The molecule has 0 atom stereocenters. The number of thioether (sulfide) groups is 1. The molecule has 0 aliphatic carbocycles. The van der Waals surface area contributed by atoms with Crippen LogP contribution < -0.4 is 5.43 Å². The molecule has 1 amide bonds. The summed E-state index contributed by atoms with van der Waals surface area (Å²) in [6, 6.07) is 12.5. The van der Waals surface area contributed by atoms with Crippen LogP contribution in [0.1, 0.15) is 18.1 Å². The number of para-hydroxylation sites is 1. The fourth-order valence-electron chi connectivity index (χ4n) is 2.55. The standard InChI is InChI=1S/C19H18FN3OS/c1-2-13-6-5-7-15-14(10-21-19(13)15)11-22-23-18(24)12-25-17-9-4-3-8-16(17)20/h3-11,21H,2,12H2,1H3,(H,23,24)/b22-11+. The van der Waals surface area contributed by atoms with E-state index in [2.05, 4.69) is 28.5 Å². The van der Waals surface area contributed by atoms with Crippen molar-refractivity contribution in [3.8, 4) is 0 Å². The van der Waals surface area contributed by atoms with Crippen molar-refractivity contribution in [2.75, 3.05) is 5.75 Å². The van der Waals surface area contributed by atoms with E-state index in [1.165, 1.54) is 11.6 Å². The predicted molar refractivity (Wildman–Crippen MR) is 101 cm³/mol. The summed E-state index contributed by atoms with van der Waals surface area (Å²) in [6.07, 6.45) is 4.43. The molecular weight excluding hydrogens is 337 g/mol. The summed E-state index contributed by atoms with van der Waals surface area (Å²) in [5.41, 5.74) is 5.72. The second-order valence-electron chi connectivity index (χ2n) is 5.45. The average Bonchev–Trinajstić information content (AvgIpc) is 3.04. The van der Waals surface area contributed by atoms with Gasteiger partial charge in [-0.3, -0.25) is 4.79 Å². The summed E-state index contributed by atoms with van der Waals surface area (Å²) in [4.78, 5) is 15.5. The Morgan fingerprint density at radius 1 is 1.28 bits per heavy atom. The SMILES string of the molecule is CCc1cccc2c(/C=N/NC(=O)CSc3ccccc3F)c[nH]c12. The first-order chi connectivity index (χ1) is 12.2. The highest BCUT2D eigenvalue weighted by molar-refractivity contribution is 8.00. The third kappa shape index (κ3) is 4.09. The molecule has 2 aromatic carbocycles. The number of hydrogen-bond acceptors (Lipinski definition) is 3. The summed E-state index contributed by atoms with van der Waals surface area (Å²) in [5, 5.41) is 5.07. The minimum absolute atomic E-state index is 0.103. The Morgan fingerprint density at radius 2 is 2.12 bits per heavy atom. The lowest BCUT2D eigenvalue weighted by atomic mass is 10.1. The number of rotatable bonds is 6. The number of fused-ring (bicyclic) bond motifs is 1. The minimum atomic E-state index is -0.325. The highest BCUT2D eigenvalue weighted by Crippen LogP contribution is 2.21. The lowest BCUT2D eigenvalue weighted by molar-refractivity contribution is -0.118. The molecule has 6 heteroatoms. The molecule has 0 radical (unpaired) electrons. The fraction of sp³-hybridized carbons (Fsp3) is 0.158. The van der Waals surface area contributed by atoms with Gasteiger partial charge in [-0.25, -0.2) is 9.82 Å². The molecule has 3 rings (SSSR count). The quantitative estimate of drug-likeness (QED) is 0.397. The highest BCUT2D eigenvalue weighted by Gasteiger charge is 2.07. The molecule has 0 saturated heterocycles. The van der Waals surface area contributed by atoms with Crippen LogP contribution in [0.5, 0.6) is 0 Å². The Hall–Kier alpha value is -2.60. The van der Waals surface area contributed by atoms with E-state index in [4.69, 9.17) is 0 Å². The number of hydrogen-bond donors (Lipinski definition) is 2. The van der Waals surface area contributed by atoms with Crippen LogP contribution in [0.2, 0.25) is 0 Å². The molecule has 0 bridgehead atoms. The second kappa shape index (κ2) is 7.98. The first-order valence-electron chi connectivity index (χ1n) is 7.97. The lowest BCUT2D eigenvalue weighted by Crippen LogP contribution is -2.19. The van der Waals surface area contributed by atoms with E-state index in [0.29, 0.717) is 4.90 Å². The van der Waals surface area contributed by atoms with Crippen molar-refractivity contribution in [2.45, 2.75) is 18.2 Å². The van der Waals surface area contributed by atoms with E-state index in [1.807, 2.05) is 18.3 Å². The maximum Gasteiger partial charge on any atom is 0.250 e. The van der Waals surface area contributed by atoms with Gasteiger partial charge in [0.15, 0.2) is 0 Å². The zero-order valence-corrected chi connectivity index (χ0v) is 14.6. The number of carbonyl (C=O) groups excluding carboxylic acids is 1. The largest absolute Gasteiger partial charge is 0.360 e. The molecule has 2 N–H and O–H groups in total. The van der Waals surface area contributed by atoms with Gasteiger partial charge < -0.3 is 4.98 Å². The van der Waals surface area contributed by atoms with Crippen LogP contribution in [0.4, 0.5) is 4.39 Å². The topological polar surface area (TPSA) is 57.2 Å². The molecule has 1 heterocycles. The number of aryl methyl sites for hydroxylation is 1. The number of carbonyl (C=O) groups is 1. The van der Waals surface area contributed by atoms with Gasteiger partial charge in [0, 0.05) is 27.6 Å². The molecule has 1 aromatic heterocycles. The number of benzene rings is 2. The van der Waals surface area contributed by atoms with Gasteiger partial charge in [-0.05, 0) is 24.1 Å². The monoisotopic (exact) mass is 355 g/mol. The Bertz CT molecular complexity index is 920. The fourth-order valence-corrected chi connectivity index (χ4v) is 3.28. The first-order valence-corrected chi connectivity index (χ1v) is 8.95. The average molecular weight is 355 g/mol. The lowest BCUT2D eigenvalue weighted by Gasteiger charge is -2.02. The van der Waals surface area contributed by atoms with Crippen LogP contribution in [0.25, 0.3) is 10.9 Å². The van der Waals surface area contributed by atoms with Gasteiger partial charge in [0.1, 0.15) is 5.82 Å². The summed E-state index contributed by atoms with van der Waals surface area (Å²) < 4.78 is 13.5. The number of halogens is 1. The van der Waals surface area contributed by atoms with E-state index >= 15 is 0 Å². The van der Waals surface area contributed by atoms with Crippen molar-refractivity contribution in [3.63, 3.8) is 0 Å². The molecule has 0 aliphatic heterocycles. The van der Waals surface area contributed by atoms with Crippen LogP contribution >= 0.6 is 11.8 Å². The van der Waals surface area contributed by atoms with Crippen LogP contribution in [-0.2, 0) is 11.2 Å². The zero-order valence-electron chi connectivity index (χ0n) is 13.8. The number of nitrogens with one attached hydrogen (secondary N) is 2. The van der Waals surface area contributed by atoms with Gasteiger partial charge in [-0.1, -0.05) is 37.3 Å². The number of hydrazone groups is 1. The van der Waals surface area contributed by atoms with Gasteiger partial charge in [0.05, 0.1) is 12.0 Å². The Balaban J connectivity index is 1.60. The smallest absolute Gasteiger partial charge is 0.250 e. The molecule has 0 saturated carbocycles. The van der Waals surface area contributed by atoms with Crippen molar-refractivity contribution in [1.82, 2.24) is 10.4 Å². The highest BCUT2D eigenvalue weighted by atomic mass is 32.2. The summed E-state index contributed by atoms with van der Waals surface area (Å²) >= 11 is 1.14. The van der Waals surface area contributed by atoms with E-state index in [-0.39, 0.29) is 17.5 Å². The van der Waals surface area contributed by atoms with Gasteiger partial charge in [0.25, 0.3) is 0 Å². The molecule has 128 valence electrons. The van der Waals surface area contributed by atoms with Crippen molar-refractivity contribution >= 4 is 34.8 Å². The van der Waals surface area contributed by atoms with Gasteiger partial charge in [0.2, 0.25) is 5.91 Å². The molecule has 0 unspecified atom stereocenters. The van der Waals surface area contributed by atoms with Gasteiger partial charge >= 0.3 is 0 Å². The summed E-state index contributed by atoms with van der Waals surface area (Å²) in [5.74, 6) is -0.500. The van der Waals surface area contributed by atoms with E-state index < -0.39 is 0 Å². The Kier molecular flexibility index (Phi) is 5.50. The van der Waals surface area contributed by atoms with Crippen molar-refractivity contribution in [2.24, 2.45) is 5.10 Å². The summed E-state index contributed by atoms with van der Waals surface area (Å²) in [6.45, 7) is 2.11. The van der Waals surface area contributed by atoms with Gasteiger partial charge in [-0.15, -0.1) is 11.8 Å². The van der Waals surface area contributed by atoms with Crippen LogP contribution in [0.15, 0.2) is 58.7 Å². The van der Waals surface area contributed by atoms with E-state index in [0.717, 1.165) is 34.6 Å². The minimum Gasteiger partial charge on any atom is -0.360 e. The molecule has 0 fully saturated rings. The Morgan fingerprint density at radius 3 is 2.92 bits per heavy atom. The molecule has 3 aromatic rings. The molecular formula is C19H18FN3OS. The third-order valence-electron chi connectivity index (χ3n) is 3.80. The number of amides is 1. The first kappa shape index (κ1) is 17.2. The number of nitrogens with zero attached hydrogens (tertiary/aromatic N) is 1. The normalized spacial score (nSPS) is 11.3. The zero-order chi connectivity index (χ0) is 17.6. The third-order valence-corrected chi connectivity index (χ3v) is 4.85. The molecule has 0 aliphatic rings. The van der Waals surface area contributed by atoms with Crippen molar-refractivity contribution in [3.05, 3.63) is 65.6 Å². The van der Waals surface area contributed by atoms with E-state index in [9.17, 15) is 9.18 Å². The van der Waals surface area contributed by atoms with Gasteiger partial charge in [-0.2, -0.15) is 5.10 Å². The summed E-state index contributed by atoms with van der Waals surface area (Å²) in [7, 11) is 0. The van der Waals surface area contributed by atoms with E-state index in [1.54, 1.807) is 24.4 Å². The number of aromatic amines is 1. The molecule has 25 heavy (non-hydrogen) atoms. The molecule has 0 spiro atoms. The second-order valence-corrected chi connectivity index (χ2v) is 6.47. The van der Waals surface area contributed by atoms with Crippen molar-refractivity contribution < 1.29 is 9.18 Å². The number of H-pyrrole nitrogens is 1. The molecule has 4 nitrogen and oxygen atoms in total. The van der Waals surface area contributed by atoms with Crippen molar-refractivity contribution in [1.29, 1.82) is 0 Å².